The monoisotopic (exact) mass is 214 g/mol. The molecule has 0 aliphatic heterocycles. The normalized spacial score (nSPS) is 9.92. The van der Waals surface area contributed by atoms with Gasteiger partial charge in [-0.05, 0) is 29.9 Å². The van der Waals surface area contributed by atoms with Crippen LogP contribution in [0.25, 0.3) is 11.0 Å². The largest absolute Gasteiger partial charge is 0.346 e. The number of hydrogen-bond acceptors (Lipinski definition) is 2. The molecular formula is C9H11ClN2S. The molecule has 0 aliphatic carbocycles. The van der Waals surface area contributed by atoms with Crippen molar-refractivity contribution in [2.75, 3.05) is 5.75 Å². The Bertz CT molecular complexity index is 386. The SMILES string of the molecule is Cl.SCCc1c[nH]c2ncccc12. The molecule has 0 saturated heterocycles. The zero-order chi connectivity index (χ0) is 8.39. The zero-order valence-electron chi connectivity index (χ0n) is 7.03. The summed E-state index contributed by atoms with van der Waals surface area (Å²) in [7, 11) is 0. The minimum absolute atomic E-state index is 0. The predicted molar refractivity (Wildman–Crippen MR) is 60.9 cm³/mol. The third-order valence-corrected chi connectivity index (χ3v) is 2.14. The van der Waals surface area contributed by atoms with Crippen LogP contribution in [0.15, 0.2) is 24.5 Å². The number of fused-ring (bicyclic) bond motifs is 1. The van der Waals surface area contributed by atoms with Gasteiger partial charge in [0.2, 0.25) is 0 Å². The highest BCUT2D eigenvalue weighted by molar-refractivity contribution is 7.80. The molecule has 0 radical (unpaired) electrons. The predicted octanol–water partition coefficient (Wildman–Crippen LogP) is 2.46. The highest BCUT2D eigenvalue weighted by atomic mass is 35.5. The molecule has 0 unspecified atom stereocenters. The fourth-order valence-corrected chi connectivity index (χ4v) is 1.58. The van der Waals surface area contributed by atoms with Gasteiger partial charge < -0.3 is 4.98 Å². The topological polar surface area (TPSA) is 28.7 Å². The first-order valence-corrected chi connectivity index (χ1v) is 4.57. The van der Waals surface area contributed by atoms with Gasteiger partial charge in [-0.3, -0.25) is 0 Å². The molecule has 2 nitrogen and oxygen atoms in total. The van der Waals surface area contributed by atoms with Crippen LogP contribution in [-0.2, 0) is 6.42 Å². The summed E-state index contributed by atoms with van der Waals surface area (Å²) in [6, 6.07) is 4.04. The molecule has 0 bridgehead atoms. The molecule has 0 spiro atoms. The van der Waals surface area contributed by atoms with Crippen molar-refractivity contribution in [3.63, 3.8) is 0 Å². The summed E-state index contributed by atoms with van der Waals surface area (Å²) in [5.41, 5.74) is 2.27. The second-order valence-corrected chi connectivity index (χ2v) is 3.13. The lowest BCUT2D eigenvalue weighted by atomic mass is 10.2. The molecule has 2 rings (SSSR count). The number of nitrogens with zero attached hydrogens (tertiary/aromatic N) is 1. The number of pyridine rings is 1. The third kappa shape index (κ3) is 1.98. The van der Waals surface area contributed by atoms with Gasteiger partial charge in [-0.2, -0.15) is 12.6 Å². The number of aromatic nitrogens is 2. The number of nitrogens with one attached hydrogen (secondary N) is 1. The van der Waals surface area contributed by atoms with E-state index in [0.717, 1.165) is 17.8 Å². The van der Waals surface area contributed by atoms with E-state index < -0.39 is 0 Å². The molecule has 0 aliphatic rings. The van der Waals surface area contributed by atoms with E-state index >= 15 is 0 Å². The Balaban J connectivity index is 0.000000845. The zero-order valence-corrected chi connectivity index (χ0v) is 8.74. The first-order chi connectivity index (χ1) is 5.92. The summed E-state index contributed by atoms with van der Waals surface area (Å²) in [6.07, 6.45) is 4.80. The van der Waals surface area contributed by atoms with Crippen molar-refractivity contribution < 1.29 is 0 Å². The van der Waals surface area contributed by atoms with E-state index in [1.807, 2.05) is 12.3 Å². The summed E-state index contributed by atoms with van der Waals surface area (Å²) in [5.74, 6) is 0.877. The molecule has 0 fully saturated rings. The molecule has 2 aromatic rings. The maximum atomic E-state index is 4.20. The summed E-state index contributed by atoms with van der Waals surface area (Å²) in [4.78, 5) is 7.33. The molecule has 0 saturated carbocycles. The second kappa shape index (κ2) is 4.53. The summed E-state index contributed by atoms with van der Waals surface area (Å²) in [6.45, 7) is 0. The van der Waals surface area contributed by atoms with Gasteiger partial charge in [-0.1, -0.05) is 0 Å². The lowest BCUT2D eigenvalue weighted by molar-refractivity contribution is 1.18. The Hall–Kier alpha value is -0.670. The van der Waals surface area contributed by atoms with E-state index in [1.54, 1.807) is 6.20 Å². The molecule has 0 amide bonds. The minimum atomic E-state index is 0. The Morgan fingerprint density at radius 1 is 1.46 bits per heavy atom. The van der Waals surface area contributed by atoms with Gasteiger partial charge in [0.25, 0.3) is 0 Å². The van der Waals surface area contributed by atoms with Gasteiger partial charge in [0.05, 0.1) is 0 Å². The van der Waals surface area contributed by atoms with Crippen LogP contribution in [0.1, 0.15) is 5.56 Å². The summed E-state index contributed by atoms with van der Waals surface area (Å²) in [5, 5.41) is 1.21. The van der Waals surface area contributed by atoms with E-state index in [2.05, 4.69) is 28.7 Å². The molecule has 13 heavy (non-hydrogen) atoms. The van der Waals surface area contributed by atoms with Gasteiger partial charge in [-0.15, -0.1) is 12.4 Å². The van der Waals surface area contributed by atoms with Crippen molar-refractivity contribution in [1.82, 2.24) is 9.97 Å². The standard InChI is InChI=1S/C9H10N2S.ClH/c12-5-3-7-6-11-9-8(7)2-1-4-10-9;/h1-2,4,6,12H,3,5H2,(H,10,11);1H. The number of halogens is 1. The number of H-pyrrole nitrogens is 1. The molecule has 70 valence electrons. The maximum absolute atomic E-state index is 4.20. The summed E-state index contributed by atoms with van der Waals surface area (Å²) >= 11 is 4.20. The molecule has 2 heterocycles. The van der Waals surface area contributed by atoms with Gasteiger partial charge in [0.1, 0.15) is 5.65 Å². The molecular weight excluding hydrogens is 204 g/mol. The van der Waals surface area contributed by atoms with Crippen molar-refractivity contribution in [2.45, 2.75) is 6.42 Å². The highest BCUT2D eigenvalue weighted by Gasteiger charge is 2.01. The highest BCUT2D eigenvalue weighted by Crippen LogP contribution is 2.15. The molecule has 0 atom stereocenters. The van der Waals surface area contributed by atoms with Crippen LogP contribution in [-0.4, -0.2) is 15.7 Å². The van der Waals surface area contributed by atoms with E-state index in [4.69, 9.17) is 0 Å². The lowest BCUT2D eigenvalue weighted by Gasteiger charge is -1.92. The van der Waals surface area contributed by atoms with Crippen LogP contribution in [0.3, 0.4) is 0 Å². The van der Waals surface area contributed by atoms with Crippen LogP contribution in [0, 0.1) is 0 Å². The Morgan fingerprint density at radius 2 is 2.31 bits per heavy atom. The lowest BCUT2D eigenvalue weighted by Crippen LogP contribution is -1.82. The smallest absolute Gasteiger partial charge is 0.137 e. The molecule has 4 heteroatoms. The van der Waals surface area contributed by atoms with Gasteiger partial charge in [-0.25, -0.2) is 4.98 Å². The second-order valence-electron chi connectivity index (χ2n) is 2.69. The fourth-order valence-electron chi connectivity index (χ4n) is 1.34. The Morgan fingerprint density at radius 3 is 3.08 bits per heavy atom. The van der Waals surface area contributed by atoms with Crippen molar-refractivity contribution in [2.24, 2.45) is 0 Å². The average molecular weight is 215 g/mol. The van der Waals surface area contributed by atoms with Gasteiger partial charge in [0.15, 0.2) is 0 Å². The van der Waals surface area contributed by atoms with Crippen molar-refractivity contribution >= 4 is 36.1 Å². The first-order valence-electron chi connectivity index (χ1n) is 3.93. The first kappa shape index (κ1) is 10.4. The van der Waals surface area contributed by atoms with Crippen molar-refractivity contribution in [3.8, 4) is 0 Å². The van der Waals surface area contributed by atoms with Crippen LogP contribution >= 0.6 is 25.0 Å². The van der Waals surface area contributed by atoms with Crippen molar-refractivity contribution in [3.05, 3.63) is 30.1 Å². The maximum Gasteiger partial charge on any atom is 0.137 e. The van der Waals surface area contributed by atoms with Gasteiger partial charge >= 0.3 is 0 Å². The van der Waals surface area contributed by atoms with E-state index in [0.29, 0.717) is 0 Å². The van der Waals surface area contributed by atoms with Crippen LogP contribution in [0.5, 0.6) is 0 Å². The average Bonchev–Trinajstić information content (AvgIpc) is 2.50. The minimum Gasteiger partial charge on any atom is -0.346 e. The fraction of sp³-hybridized carbons (Fsp3) is 0.222. The van der Waals surface area contributed by atoms with Crippen molar-refractivity contribution in [1.29, 1.82) is 0 Å². The van der Waals surface area contributed by atoms with E-state index in [-0.39, 0.29) is 12.4 Å². The number of aromatic amines is 1. The summed E-state index contributed by atoms with van der Waals surface area (Å²) < 4.78 is 0. The van der Waals surface area contributed by atoms with E-state index in [9.17, 15) is 0 Å². The quantitative estimate of drug-likeness (QED) is 0.739. The van der Waals surface area contributed by atoms with E-state index in [1.165, 1.54) is 10.9 Å². The Labute approximate surface area is 88.6 Å². The molecule has 2 aromatic heterocycles. The van der Waals surface area contributed by atoms with Crippen LogP contribution in [0.2, 0.25) is 0 Å². The number of hydrogen-bond donors (Lipinski definition) is 2. The number of aryl methyl sites for hydroxylation is 1. The molecule has 1 N–H and O–H groups in total. The number of rotatable bonds is 2. The molecule has 0 aromatic carbocycles. The van der Waals surface area contributed by atoms with Crippen LogP contribution < -0.4 is 0 Å². The number of thiol groups is 1. The third-order valence-electron chi connectivity index (χ3n) is 1.92. The van der Waals surface area contributed by atoms with Gasteiger partial charge in [0, 0.05) is 17.8 Å². The Kier molecular flexibility index (Phi) is 3.63. The van der Waals surface area contributed by atoms with Crippen LogP contribution in [0.4, 0.5) is 0 Å².